The molecule has 1 atom stereocenters. The van der Waals surface area contributed by atoms with Gasteiger partial charge in [0, 0.05) is 26.3 Å². The lowest BCUT2D eigenvalue weighted by Crippen LogP contribution is -2.38. The number of hydrogen-bond donors (Lipinski definition) is 1. The van der Waals surface area contributed by atoms with Gasteiger partial charge in [0.25, 0.3) is 5.91 Å². The van der Waals surface area contributed by atoms with E-state index in [0.717, 1.165) is 24.4 Å². The third kappa shape index (κ3) is 5.49. The molecule has 2 aromatic rings. The van der Waals surface area contributed by atoms with Crippen LogP contribution >= 0.6 is 0 Å². The van der Waals surface area contributed by atoms with Crippen molar-refractivity contribution < 1.29 is 9.53 Å². The molecule has 1 amide bonds. The van der Waals surface area contributed by atoms with Crippen molar-refractivity contribution >= 4 is 11.6 Å². The van der Waals surface area contributed by atoms with Crippen LogP contribution in [0.5, 0.6) is 5.75 Å². The van der Waals surface area contributed by atoms with Crippen LogP contribution in [0.25, 0.3) is 0 Å². The van der Waals surface area contributed by atoms with Crippen LogP contribution in [0.2, 0.25) is 0 Å². The van der Waals surface area contributed by atoms with Gasteiger partial charge in [-0.1, -0.05) is 24.3 Å². The molecule has 28 heavy (non-hydrogen) atoms. The maximum atomic E-state index is 12.3. The molecule has 1 aliphatic heterocycles. The van der Waals surface area contributed by atoms with Crippen LogP contribution in [-0.4, -0.2) is 51.1 Å². The number of benzene rings is 2. The first-order chi connectivity index (χ1) is 13.5. The topological polar surface area (TPSA) is 44.8 Å². The van der Waals surface area contributed by atoms with E-state index in [0.29, 0.717) is 6.54 Å². The summed E-state index contributed by atoms with van der Waals surface area (Å²) in [5.41, 5.74) is 3.54. The first-order valence-corrected chi connectivity index (χ1v) is 10.0. The van der Waals surface area contributed by atoms with Crippen molar-refractivity contribution in [1.29, 1.82) is 0 Å². The van der Waals surface area contributed by atoms with Gasteiger partial charge >= 0.3 is 0 Å². The Morgan fingerprint density at radius 3 is 2.50 bits per heavy atom. The fourth-order valence-corrected chi connectivity index (χ4v) is 3.62. The summed E-state index contributed by atoms with van der Waals surface area (Å²) in [7, 11) is 4.09. The molecule has 5 heteroatoms. The van der Waals surface area contributed by atoms with Gasteiger partial charge in [0.2, 0.25) is 0 Å². The van der Waals surface area contributed by atoms with Crippen molar-refractivity contribution in [2.75, 3.05) is 45.2 Å². The van der Waals surface area contributed by atoms with E-state index in [1.54, 1.807) is 0 Å². The molecule has 0 radical (unpaired) electrons. The molecule has 5 nitrogen and oxygen atoms in total. The zero-order valence-corrected chi connectivity index (χ0v) is 17.1. The molecular formula is C23H31N3O2. The third-order valence-corrected chi connectivity index (χ3v) is 5.23. The Bertz CT molecular complexity index is 768. The van der Waals surface area contributed by atoms with Crippen LogP contribution in [0.15, 0.2) is 48.5 Å². The molecule has 0 bridgehead atoms. The molecule has 0 aromatic heterocycles. The second-order valence-corrected chi connectivity index (χ2v) is 7.65. The van der Waals surface area contributed by atoms with Crippen molar-refractivity contribution in [3.8, 4) is 5.75 Å². The van der Waals surface area contributed by atoms with Crippen LogP contribution in [0.1, 0.15) is 30.0 Å². The molecule has 0 spiro atoms. The molecule has 1 N–H and O–H groups in total. The van der Waals surface area contributed by atoms with Crippen LogP contribution in [-0.2, 0) is 4.79 Å². The predicted molar refractivity (Wildman–Crippen MR) is 114 cm³/mol. The molecule has 1 aliphatic rings. The molecule has 1 saturated heterocycles. The average Bonchev–Trinajstić information content (AvgIpc) is 3.21. The van der Waals surface area contributed by atoms with Gasteiger partial charge in [0.05, 0.1) is 6.04 Å². The van der Waals surface area contributed by atoms with E-state index in [2.05, 4.69) is 39.4 Å². The predicted octanol–water partition coefficient (Wildman–Crippen LogP) is 3.39. The lowest BCUT2D eigenvalue weighted by molar-refractivity contribution is -0.123. The highest BCUT2D eigenvalue weighted by Crippen LogP contribution is 2.26. The first kappa shape index (κ1) is 20.2. The molecule has 1 unspecified atom stereocenters. The Morgan fingerprint density at radius 2 is 1.86 bits per heavy atom. The van der Waals surface area contributed by atoms with Crippen molar-refractivity contribution in [2.45, 2.75) is 25.8 Å². The highest BCUT2D eigenvalue weighted by Gasteiger charge is 2.24. The second-order valence-electron chi connectivity index (χ2n) is 7.65. The van der Waals surface area contributed by atoms with Crippen molar-refractivity contribution in [1.82, 2.24) is 10.2 Å². The normalized spacial score (nSPS) is 15.2. The van der Waals surface area contributed by atoms with E-state index >= 15 is 0 Å². The van der Waals surface area contributed by atoms with Gasteiger partial charge in [-0.3, -0.25) is 9.69 Å². The smallest absolute Gasteiger partial charge is 0.258 e. The Morgan fingerprint density at radius 1 is 1.14 bits per heavy atom. The number of amides is 1. The molecule has 150 valence electrons. The molecule has 1 heterocycles. The van der Waals surface area contributed by atoms with Gasteiger partial charge < -0.3 is 15.0 Å². The minimum Gasteiger partial charge on any atom is -0.484 e. The number of ether oxygens (including phenoxy) is 1. The van der Waals surface area contributed by atoms with Crippen LogP contribution in [0.3, 0.4) is 0 Å². The van der Waals surface area contributed by atoms with E-state index in [1.807, 2.05) is 45.3 Å². The highest BCUT2D eigenvalue weighted by molar-refractivity contribution is 5.77. The third-order valence-electron chi connectivity index (χ3n) is 5.23. The lowest BCUT2D eigenvalue weighted by atomic mass is 10.0. The van der Waals surface area contributed by atoms with E-state index in [1.165, 1.54) is 24.1 Å². The maximum absolute atomic E-state index is 12.3. The van der Waals surface area contributed by atoms with Crippen LogP contribution in [0.4, 0.5) is 5.69 Å². The molecule has 3 rings (SSSR count). The molecule has 2 aromatic carbocycles. The summed E-state index contributed by atoms with van der Waals surface area (Å²) in [6.45, 7) is 4.80. The summed E-state index contributed by atoms with van der Waals surface area (Å²) in [5.74, 6) is 0.640. The Balaban J connectivity index is 1.59. The summed E-state index contributed by atoms with van der Waals surface area (Å²) in [5, 5.41) is 3.06. The van der Waals surface area contributed by atoms with E-state index in [4.69, 9.17) is 4.74 Å². The van der Waals surface area contributed by atoms with Crippen LogP contribution in [0, 0.1) is 6.92 Å². The number of aryl methyl sites for hydroxylation is 1. The van der Waals surface area contributed by atoms with Gasteiger partial charge in [0.1, 0.15) is 5.75 Å². The Hall–Kier alpha value is -2.53. The van der Waals surface area contributed by atoms with Gasteiger partial charge in [-0.25, -0.2) is 0 Å². The van der Waals surface area contributed by atoms with Crippen molar-refractivity contribution in [3.63, 3.8) is 0 Å². The maximum Gasteiger partial charge on any atom is 0.258 e. The molecule has 0 aliphatic carbocycles. The number of nitrogens with one attached hydrogen (secondary N) is 1. The highest BCUT2D eigenvalue weighted by atomic mass is 16.5. The summed E-state index contributed by atoms with van der Waals surface area (Å²) >= 11 is 0. The quantitative estimate of drug-likeness (QED) is 0.761. The SMILES string of the molecule is Cc1cccc(OCC(=O)NCC(c2ccc(N(C)C)cc2)N2CCCC2)c1. The molecular weight excluding hydrogens is 350 g/mol. The number of anilines is 1. The number of carbonyl (C=O) groups is 1. The van der Waals surface area contributed by atoms with Gasteiger partial charge in [-0.15, -0.1) is 0 Å². The summed E-state index contributed by atoms with van der Waals surface area (Å²) in [6.07, 6.45) is 2.44. The number of nitrogens with zero attached hydrogens (tertiary/aromatic N) is 2. The monoisotopic (exact) mass is 381 g/mol. The summed E-state index contributed by atoms with van der Waals surface area (Å²) in [4.78, 5) is 16.9. The lowest BCUT2D eigenvalue weighted by Gasteiger charge is -2.28. The number of rotatable bonds is 8. The Labute approximate surface area is 168 Å². The van der Waals surface area contributed by atoms with Crippen LogP contribution < -0.4 is 15.0 Å². The number of likely N-dealkylation sites (tertiary alicyclic amines) is 1. The van der Waals surface area contributed by atoms with E-state index in [-0.39, 0.29) is 18.6 Å². The summed E-state index contributed by atoms with van der Waals surface area (Å²) in [6, 6.07) is 16.6. The van der Waals surface area contributed by atoms with Gasteiger partial charge in [-0.05, 0) is 68.2 Å². The number of hydrogen-bond acceptors (Lipinski definition) is 4. The van der Waals surface area contributed by atoms with Gasteiger partial charge in [-0.2, -0.15) is 0 Å². The largest absolute Gasteiger partial charge is 0.484 e. The molecule has 1 fully saturated rings. The van der Waals surface area contributed by atoms with E-state index < -0.39 is 0 Å². The van der Waals surface area contributed by atoms with Crippen molar-refractivity contribution in [3.05, 3.63) is 59.7 Å². The fourth-order valence-electron chi connectivity index (χ4n) is 3.62. The summed E-state index contributed by atoms with van der Waals surface area (Å²) < 4.78 is 5.62. The minimum atomic E-state index is -0.0874. The average molecular weight is 382 g/mol. The van der Waals surface area contributed by atoms with Gasteiger partial charge in [0.15, 0.2) is 6.61 Å². The number of carbonyl (C=O) groups excluding carboxylic acids is 1. The zero-order chi connectivity index (χ0) is 19.9. The van der Waals surface area contributed by atoms with Crippen molar-refractivity contribution in [2.24, 2.45) is 0 Å². The standard InChI is InChI=1S/C23H31N3O2/c1-18-7-6-8-21(15-18)28-17-23(27)24-16-22(26-13-4-5-14-26)19-9-11-20(12-10-19)25(2)3/h6-12,15,22H,4-5,13-14,16-17H2,1-3H3,(H,24,27). The first-order valence-electron chi connectivity index (χ1n) is 10.0. The zero-order valence-electron chi connectivity index (χ0n) is 17.1. The minimum absolute atomic E-state index is 0.0374. The fraction of sp³-hybridized carbons (Fsp3) is 0.435. The van der Waals surface area contributed by atoms with E-state index in [9.17, 15) is 4.79 Å². The second kappa shape index (κ2) is 9.60. The Kier molecular flexibility index (Phi) is 6.93. The molecule has 0 saturated carbocycles.